The van der Waals surface area contributed by atoms with Crippen molar-refractivity contribution in [2.75, 3.05) is 0 Å². The third-order valence-corrected chi connectivity index (χ3v) is 2.64. The third kappa shape index (κ3) is 8.08. The van der Waals surface area contributed by atoms with E-state index in [-0.39, 0.29) is 0 Å². The zero-order valence-corrected chi connectivity index (χ0v) is 10.1. The molecule has 0 aromatic carbocycles. The van der Waals surface area contributed by atoms with Crippen LogP contribution in [0.25, 0.3) is 0 Å². The van der Waals surface area contributed by atoms with E-state index in [1.54, 1.807) is 0 Å². The van der Waals surface area contributed by atoms with Crippen LogP contribution >= 0.6 is 0 Å². The fourth-order valence-corrected chi connectivity index (χ4v) is 1.64. The van der Waals surface area contributed by atoms with Crippen LogP contribution in [0.3, 0.4) is 0 Å². The van der Waals surface area contributed by atoms with Crippen molar-refractivity contribution in [1.82, 2.24) is 0 Å². The highest BCUT2D eigenvalue weighted by Gasteiger charge is 2.03. The van der Waals surface area contributed by atoms with E-state index in [2.05, 4.69) is 40.7 Å². The predicted octanol–water partition coefficient (Wildman–Crippen LogP) is 4.81. The number of allylic oxidation sites excluding steroid dienone is 2. The van der Waals surface area contributed by atoms with Crippen molar-refractivity contribution < 1.29 is 0 Å². The number of rotatable bonds is 6. The normalized spacial score (nSPS) is 15.1. The van der Waals surface area contributed by atoms with E-state index in [0.717, 1.165) is 11.8 Å². The fourth-order valence-electron chi connectivity index (χ4n) is 1.64. The van der Waals surface area contributed by atoms with Crippen molar-refractivity contribution >= 4 is 0 Å². The van der Waals surface area contributed by atoms with Crippen molar-refractivity contribution in [3.05, 3.63) is 11.6 Å². The summed E-state index contributed by atoms with van der Waals surface area (Å²) in [6, 6.07) is 0. The molecule has 0 bridgehead atoms. The van der Waals surface area contributed by atoms with Crippen LogP contribution in [0, 0.1) is 11.8 Å². The summed E-state index contributed by atoms with van der Waals surface area (Å²) in [5.74, 6) is 1.74. The van der Waals surface area contributed by atoms with Crippen molar-refractivity contribution in [3.63, 3.8) is 0 Å². The first-order valence-electron chi connectivity index (χ1n) is 5.68. The molecule has 0 radical (unpaired) electrons. The second kappa shape index (κ2) is 7.17. The van der Waals surface area contributed by atoms with Gasteiger partial charge in [0.1, 0.15) is 0 Å². The maximum atomic E-state index is 2.37. The molecule has 0 aliphatic rings. The molecule has 0 heterocycles. The summed E-state index contributed by atoms with van der Waals surface area (Å²) in [4.78, 5) is 0. The molecule has 0 spiro atoms. The van der Waals surface area contributed by atoms with Crippen LogP contribution in [0.1, 0.15) is 60.3 Å². The van der Waals surface area contributed by atoms with Crippen LogP contribution in [0.15, 0.2) is 11.6 Å². The topological polar surface area (TPSA) is 0 Å². The molecule has 0 aliphatic carbocycles. The minimum absolute atomic E-state index is 0.870. The van der Waals surface area contributed by atoms with Crippen molar-refractivity contribution in [3.8, 4) is 0 Å². The standard InChI is InChI=1S/C13H26/c1-6-12(4)10-13(5)9-7-8-11(2)3/h6,11,13H,7-10H2,1-5H3. The second-order valence-corrected chi connectivity index (χ2v) is 4.77. The molecule has 78 valence electrons. The fraction of sp³-hybridized carbons (Fsp3) is 0.846. The molecule has 0 heteroatoms. The van der Waals surface area contributed by atoms with Crippen molar-refractivity contribution in [2.24, 2.45) is 11.8 Å². The van der Waals surface area contributed by atoms with E-state index in [1.807, 2.05) is 0 Å². The lowest BCUT2D eigenvalue weighted by molar-refractivity contribution is 0.455. The van der Waals surface area contributed by atoms with Crippen molar-refractivity contribution in [2.45, 2.75) is 60.3 Å². The van der Waals surface area contributed by atoms with Gasteiger partial charge in [-0.05, 0) is 32.1 Å². The average Bonchev–Trinajstić information content (AvgIpc) is 2.03. The molecule has 0 N–H and O–H groups in total. The summed E-state index contributed by atoms with van der Waals surface area (Å²) in [6.45, 7) is 11.4. The van der Waals surface area contributed by atoms with E-state index in [1.165, 1.54) is 31.3 Å². The first-order valence-corrected chi connectivity index (χ1v) is 5.68. The largest absolute Gasteiger partial charge is 0.0887 e. The van der Waals surface area contributed by atoms with Gasteiger partial charge in [-0.2, -0.15) is 0 Å². The molecule has 0 amide bonds. The van der Waals surface area contributed by atoms with E-state index < -0.39 is 0 Å². The van der Waals surface area contributed by atoms with Gasteiger partial charge in [-0.3, -0.25) is 0 Å². The highest BCUT2D eigenvalue weighted by atomic mass is 14.1. The summed E-state index contributed by atoms with van der Waals surface area (Å²) in [5.41, 5.74) is 1.54. The zero-order chi connectivity index (χ0) is 10.3. The van der Waals surface area contributed by atoms with Crippen molar-refractivity contribution in [1.29, 1.82) is 0 Å². The maximum Gasteiger partial charge on any atom is -0.0297 e. The molecule has 0 aromatic rings. The summed E-state index contributed by atoms with van der Waals surface area (Å²) in [6.07, 6.45) is 7.70. The van der Waals surface area contributed by atoms with E-state index in [0.29, 0.717) is 0 Å². The molecule has 0 aromatic heterocycles. The third-order valence-electron chi connectivity index (χ3n) is 2.64. The molecular formula is C13H26. The molecule has 0 saturated carbocycles. The van der Waals surface area contributed by atoms with Gasteiger partial charge in [-0.15, -0.1) is 0 Å². The molecule has 13 heavy (non-hydrogen) atoms. The first-order chi connectivity index (χ1) is 6.06. The molecule has 1 atom stereocenters. The summed E-state index contributed by atoms with van der Waals surface area (Å²) >= 11 is 0. The Kier molecular flexibility index (Phi) is 7.03. The van der Waals surface area contributed by atoms with Gasteiger partial charge >= 0.3 is 0 Å². The Morgan fingerprint density at radius 1 is 1.15 bits per heavy atom. The van der Waals surface area contributed by atoms with Crippen LogP contribution < -0.4 is 0 Å². The lowest BCUT2D eigenvalue weighted by atomic mass is 9.94. The van der Waals surface area contributed by atoms with Crippen LogP contribution in [0.5, 0.6) is 0 Å². The van der Waals surface area contributed by atoms with Gasteiger partial charge in [-0.1, -0.05) is 51.7 Å². The van der Waals surface area contributed by atoms with Gasteiger partial charge in [0.05, 0.1) is 0 Å². The van der Waals surface area contributed by atoms with E-state index in [9.17, 15) is 0 Å². The molecule has 0 aliphatic heterocycles. The number of hydrogen-bond donors (Lipinski definition) is 0. The SMILES string of the molecule is CC=C(C)CC(C)CCCC(C)C. The Bertz CT molecular complexity index is 142. The molecule has 0 saturated heterocycles. The Morgan fingerprint density at radius 2 is 1.77 bits per heavy atom. The lowest BCUT2D eigenvalue weighted by Crippen LogP contribution is -1.97. The maximum absolute atomic E-state index is 2.37. The Balaban J connectivity index is 3.46. The van der Waals surface area contributed by atoms with Crippen LogP contribution in [-0.2, 0) is 0 Å². The van der Waals surface area contributed by atoms with Gasteiger partial charge < -0.3 is 0 Å². The smallest absolute Gasteiger partial charge is 0.0297 e. The minimum Gasteiger partial charge on any atom is -0.0887 e. The second-order valence-electron chi connectivity index (χ2n) is 4.77. The molecule has 0 nitrogen and oxygen atoms in total. The zero-order valence-electron chi connectivity index (χ0n) is 10.1. The van der Waals surface area contributed by atoms with Crippen LogP contribution in [-0.4, -0.2) is 0 Å². The summed E-state index contributed by atoms with van der Waals surface area (Å²) in [5, 5.41) is 0. The molecular weight excluding hydrogens is 156 g/mol. The van der Waals surface area contributed by atoms with E-state index in [4.69, 9.17) is 0 Å². The minimum atomic E-state index is 0.870. The van der Waals surface area contributed by atoms with E-state index >= 15 is 0 Å². The van der Waals surface area contributed by atoms with Gasteiger partial charge in [-0.25, -0.2) is 0 Å². The van der Waals surface area contributed by atoms with Gasteiger partial charge in [0.2, 0.25) is 0 Å². The summed E-state index contributed by atoms with van der Waals surface area (Å²) < 4.78 is 0. The van der Waals surface area contributed by atoms with Gasteiger partial charge in [0.25, 0.3) is 0 Å². The molecule has 0 fully saturated rings. The Morgan fingerprint density at radius 3 is 2.23 bits per heavy atom. The lowest BCUT2D eigenvalue weighted by Gasteiger charge is -2.12. The number of hydrogen-bond acceptors (Lipinski definition) is 0. The van der Waals surface area contributed by atoms with Crippen LogP contribution in [0.2, 0.25) is 0 Å². The quantitative estimate of drug-likeness (QED) is 0.517. The molecule has 1 unspecified atom stereocenters. The highest BCUT2D eigenvalue weighted by Crippen LogP contribution is 2.18. The highest BCUT2D eigenvalue weighted by molar-refractivity contribution is 4.96. The monoisotopic (exact) mass is 182 g/mol. The Labute approximate surface area is 84.4 Å². The Hall–Kier alpha value is -0.260. The van der Waals surface area contributed by atoms with Crippen LogP contribution in [0.4, 0.5) is 0 Å². The average molecular weight is 182 g/mol. The first kappa shape index (κ1) is 12.7. The van der Waals surface area contributed by atoms with Gasteiger partial charge in [0, 0.05) is 0 Å². The summed E-state index contributed by atoms with van der Waals surface area (Å²) in [7, 11) is 0. The van der Waals surface area contributed by atoms with Gasteiger partial charge in [0.15, 0.2) is 0 Å². The predicted molar refractivity (Wildman–Crippen MR) is 61.9 cm³/mol. The molecule has 0 rings (SSSR count).